The van der Waals surface area contributed by atoms with Crippen LogP contribution in [0.3, 0.4) is 0 Å². The second kappa shape index (κ2) is 3.13. The van der Waals surface area contributed by atoms with E-state index in [1.165, 1.54) is 25.3 Å². The van der Waals surface area contributed by atoms with Gasteiger partial charge in [0.15, 0.2) is 0 Å². The Morgan fingerprint density at radius 1 is 1.64 bits per heavy atom. The van der Waals surface area contributed by atoms with E-state index in [0.717, 1.165) is 0 Å². The zero-order valence-corrected chi connectivity index (χ0v) is 6.31. The first-order valence-corrected chi connectivity index (χ1v) is 4.26. The van der Waals surface area contributed by atoms with Crippen molar-refractivity contribution in [2.75, 3.05) is 0 Å². The van der Waals surface area contributed by atoms with Crippen molar-refractivity contribution >= 4 is 14.7 Å². The second-order valence-corrected chi connectivity index (χ2v) is 2.93. The number of phosphoric ester groups is 1. The molecule has 0 amide bonds. The van der Waals surface area contributed by atoms with Gasteiger partial charge in [-0.25, -0.2) is 0 Å². The molecule has 0 saturated carbocycles. The minimum atomic E-state index is -4.43. The summed E-state index contributed by atoms with van der Waals surface area (Å²) in [7, 11) is -4.43. The van der Waals surface area contributed by atoms with Crippen LogP contribution in [0.4, 0.5) is 0 Å². The van der Waals surface area contributed by atoms with Gasteiger partial charge < -0.3 is 0 Å². The Labute approximate surface area is 63.5 Å². The summed E-state index contributed by atoms with van der Waals surface area (Å²) < 4.78 is 14.5. The van der Waals surface area contributed by atoms with E-state index in [4.69, 9.17) is 9.79 Å². The van der Waals surface area contributed by atoms with Gasteiger partial charge in [0.25, 0.3) is 0 Å². The average Bonchev–Trinajstić information content (AvgIpc) is 1.85. The average molecular weight is 173 g/mol. The molecule has 1 aromatic rings. The van der Waals surface area contributed by atoms with Crippen molar-refractivity contribution in [3.8, 4) is 5.64 Å². The molecule has 0 aromatic carbocycles. The molecular formula is C4H5BNO4P. The van der Waals surface area contributed by atoms with E-state index in [1.807, 2.05) is 0 Å². The maximum atomic E-state index is 10.2. The van der Waals surface area contributed by atoms with Gasteiger partial charge in [0, 0.05) is 0 Å². The summed E-state index contributed by atoms with van der Waals surface area (Å²) in [4.78, 5) is 20.3. The van der Waals surface area contributed by atoms with Gasteiger partial charge in [-0.15, -0.1) is 0 Å². The van der Waals surface area contributed by atoms with E-state index in [-0.39, 0.29) is 5.64 Å². The number of hydrogen-bond acceptors (Lipinski definition) is 3. The second-order valence-electron chi connectivity index (χ2n) is 1.77. The Kier molecular flexibility index (Phi) is 2.39. The number of hydrogen-bond donors (Lipinski definition) is 2. The van der Waals surface area contributed by atoms with Crippen molar-refractivity contribution < 1.29 is 18.9 Å². The minimum absolute atomic E-state index is 0.0563. The Balaban J connectivity index is 2.74. The summed E-state index contributed by atoms with van der Waals surface area (Å²) in [5.74, 6) is 1.52. The van der Waals surface area contributed by atoms with E-state index >= 15 is 0 Å². The van der Waals surface area contributed by atoms with Crippen LogP contribution in [0.2, 0.25) is 0 Å². The molecule has 11 heavy (non-hydrogen) atoms. The van der Waals surface area contributed by atoms with Crippen molar-refractivity contribution in [2.24, 2.45) is 0 Å². The molecule has 1 rings (SSSR count). The first-order chi connectivity index (χ1) is 5.08. The Morgan fingerprint density at radius 3 is 2.82 bits per heavy atom. The van der Waals surface area contributed by atoms with Crippen LogP contribution in [0.1, 0.15) is 0 Å². The maximum absolute atomic E-state index is 10.2. The van der Waals surface area contributed by atoms with Gasteiger partial charge in [-0.1, -0.05) is 0 Å². The molecule has 0 spiro atoms. The van der Waals surface area contributed by atoms with E-state index in [2.05, 4.69) is 9.51 Å². The molecule has 0 radical (unpaired) electrons. The molecule has 0 aliphatic carbocycles. The quantitative estimate of drug-likeness (QED) is 0.609. The van der Waals surface area contributed by atoms with Crippen LogP contribution >= 0.6 is 7.82 Å². The van der Waals surface area contributed by atoms with Gasteiger partial charge in [-0.2, -0.15) is 0 Å². The van der Waals surface area contributed by atoms with Crippen LogP contribution in [0.15, 0.2) is 18.4 Å². The van der Waals surface area contributed by atoms with Crippen LogP contribution in [0, 0.1) is 0 Å². The summed E-state index contributed by atoms with van der Waals surface area (Å²) in [5, 5.41) is 0. The molecule has 7 heteroatoms. The number of nitrogens with zero attached hydrogens (tertiary/aromatic N) is 1. The third-order valence-corrected chi connectivity index (χ3v) is 1.31. The summed E-state index contributed by atoms with van der Waals surface area (Å²) in [6.45, 7) is 1.41. The zero-order valence-electron chi connectivity index (χ0n) is 5.41. The predicted octanol–water partition coefficient (Wildman–Crippen LogP) is -0.109. The first kappa shape index (κ1) is 8.39. The van der Waals surface area contributed by atoms with Gasteiger partial charge in [0.1, 0.15) is 0 Å². The number of rotatable bonds is 2. The van der Waals surface area contributed by atoms with Crippen LogP contribution in [-0.2, 0) is 4.57 Å². The third kappa shape index (κ3) is 3.27. The fourth-order valence-electron chi connectivity index (χ4n) is 0.538. The van der Waals surface area contributed by atoms with Gasteiger partial charge >= 0.3 is 62.6 Å². The molecule has 0 aliphatic heterocycles. The molecule has 0 fully saturated rings. The fourth-order valence-corrected chi connectivity index (χ4v) is 0.921. The number of phosphoric acid groups is 1. The standard InChI is InChI=1S/C4H5BNO4P/c7-11(8,9)10-4-3-6-2-1-5-4/h1-3H,(H2,7,8,9). The third-order valence-electron chi connectivity index (χ3n) is 0.859. The van der Waals surface area contributed by atoms with Crippen molar-refractivity contribution in [3.63, 3.8) is 0 Å². The monoisotopic (exact) mass is 173 g/mol. The van der Waals surface area contributed by atoms with Gasteiger partial charge in [0.2, 0.25) is 0 Å². The SMILES string of the molecule is O=P(O)(O)Oc1bccnc1. The van der Waals surface area contributed by atoms with Crippen molar-refractivity contribution in [2.45, 2.75) is 0 Å². The van der Waals surface area contributed by atoms with Crippen molar-refractivity contribution in [3.05, 3.63) is 18.4 Å². The summed E-state index contributed by atoms with van der Waals surface area (Å²) in [6, 6.07) is 0. The topological polar surface area (TPSA) is 79.7 Å². The van der Waals surface area contributed by atoms with Crippen LogP contribution in [0.5, 0.6) is 5.64 Å². The molecular weight excluding hydrogens is 168 g/mol. The van der Waals surface area contributed by atoms with E-state index in [0.29, 0.717) is 0 Å². The molecule has 0 saturated heterocycles. The van der Waals surface area contributed by atoms with Gasteiger partial charge in [-0.3, -0.25) is 0 Å². The Hall–Kier alpha value is -0.705. The van der Waals surface area contributed by atoms with E-state index in [9.17, 15) is 4.57 Å². The molecule has 1 heterocycles. The molecule has 0 atom stereocenters. The van der Waals surface area contributed by atoms with Crippen LogP contribution < -0.4 is 4.52 Å². The zero-order chi connectivity index (χ0) is 8.32. The molecule has 1 aromatic heterocycles. The Bertz CT molecular complexity index is 273. The summed E-state index contributed by atoms with van der Waals surface area (Å²) in [5.41, 5.74) is 0.0563. The number of aromatic nitrogens is 1. The normalized spacial score (nSPS) is 10.7. The summed E-state index contributed by atoms with van der Waals surface area (Å²) >= 11 is 0. The van der Waals surface area contributed by atoms with Crippen LogP contribution in [-0.4, -0.2) is 21.7 Å². The fraction of sp³-hybridized carbons (Fsp3) is 0. The van der Waals surface area contributed by atoms with Gasteiger partial charge in [-0.05, 0) is 0 Å². The molecule has 0 bridgehead atoms. The summed E-state index contributed by atoms with van der Waals surface area (Å²) in [6.07, 6.45) is 2.70. The molecule has 5 nitrogen and oxygen atoms in total. The van der Waals surface area contributed by atoms with E-state index in [1.54, 1.807) is 0 Å². The van der Waals surface area contributed by atoms with E-state index < -0.39 is 7.82 Å². The molecule has 2 N–H and O–H groups in total. The Morgan fingerprint density at radius 2 is 2.36 bits per heavy atom. The first-order valence-electron chi connectivity index (χ1n) is 2.73. The van der Waals surface area contributed by atoms with Crippen LogP contribution in [0.25, 0.3) is 0 Å². The predicted molar refractivity (Wildman–Crippen MR) is 38.3 cm³/mol. The molecule has 58 valence electrons. The van der Waals surface area contributed by atoms with Crippen molar-refractivity contribution in [1.82, 2.24) is 4.98 Å². The van der Waals surface area contributed by atoms with Crippen molar-refractivity contribution in [1.29, 1.82) is 0 Å². The van der Waals surface area contributed by atoms with Gasteiger partial charge in [0.05, 0.1) is 0 Å². The molecule has 0 aliphatic rings. The molecule has 0 unspecified atom stereocenters.